The van der Waals surface area contributed by atoms with Gasteiger partial charge in [-0.2, -0.15) is 0 Å². The summed E-state index contributed by atoms with van der Waals surface area (Å²) < 4.78 is 7.78. The molecule has 3 heterocycles. The summed E-state index contributed by atoms with van der Waals surface area (Å²) in [6.07, 6.45) is 4.62. The molecule has 0 saturated carbocycles. The van der Waals surface area contributed by atoms with E-state index in [4.69, 9.17) is 16.3 Å². The number of halogens is 1. The summed E-state index contributed by atoms with van der Waals surface area (Å²) >= 11 is 6.24. The molecule has 0 spiro atoms. The Labute approximate surface area is 178 Å². The number of aryl methyl sites for hydroxylation is 1. The van der Waals surface area contributed by atoms with E-state index in [1.807, 2.05) is 10.7 Å². The largest absolute Gasteiger partial charge is 0.376 e. The number of hydrogen-bond acceptors (Lipinski definition) is 6. The molecule has 2 atom stereocenters. The van der Waals surface area contributed by atoms with Gasteiger partial charge in [0, 0.05) is 43.5 Å². The first-order valence-corrected chi connectivity index (χ1v) is 11.2. The summed E-state index contributed by atoms with van der Waals surface area (Å²) in [5, 5.41) is 13.5. The van der Waals surface area contributed by atoms with Gasteiger partial charge in [0.05, 0.1) is 18.7 Å². The maximum atomic E-state index is 6.24. The normalized spacial score (nSPS) is 21.6. The summed E-state index contributed by atoms with van der Waals surface area (Å²) in [6.45, 7) is 9.93. The highest BCUT2D eigenvalue weighted by atomic mass is 35.5. The van der Waals surface area contributed by atoms with E-state index in [1.54, 1.807) is 0 Å². The molecule has 0 aliphatic carbocycles. The van der Waals surface area contributed by atoms with Crippen molar-refractivity contribution < 1.29 is 4.74 Å². The molecule has 2 fully saturated rings. The zero-order valence-corrected chi connectivity index (χ0v) is 18.2. The van der Waals surface area contributed by atoms with Gasteiger partial charge >= 0.3 is 0 Å². The number of rotatable bonds is 7. The van der Waals surface area contributed by atoms with E-state index in [9.17, 15) is 0 Å². The lowest BCUT2D eigenvalue weighted by atomic mass is 10.1. The average Bonchev–Trinajstić information content (AvgIpc) is 3.41. The number of piperazine rings is 1. The lowest BCUT2D eigenvalue weighted by molar-refractivity contribution is 0.0891. The fourth-order valence-corrected chi connectivity index (χ4v) is 4.67. The Kier molecular flexibility index (Phi) is 6.67. The molecule has 2 aromatic rings. The monoisotopic (exact) mass is 418 g/mol. The number of nitrogens with zero attached hydrogens (tertiary/aromatic N) is 6. The Bertz CT molecular complexity index is 798. The van der Waals surface area contributed by atoms with E-state index in [-0.39, 0.29) is 12.1 Å². The highest BCUT2D eigenvalue weighted by molar-refractivity contribution is 6.30. The molecule has 0 unspecified atom stereocenters. The lowest BCUT2D eigenvalue weighted by Crippen LogP contribution is -2.48. The summed E-state index contributed by atoms with van der Waals surface area (Å²) in [5.74, 6) is 0.981. The van der Waals surface area contributed by atoms with Crippen LogP contribution in [0.15, 0.2) is 18.2 Å². The molecule has 4 rings (SSSR count). The molecule has 2 saturated heterocycles. The van der Waals surface area contributed by atoms with Gasteiger partial charge in [0.2, 0.25) is 0 Å². The number of ether oxygens (including phenoxy) is 1. The lowest BCUT2D eigenvalue weighted by Gasteiger charge is -2.40. The Morgan fingerprint density at radius 2 is 2.07 bits per heavy atom. The van der Waals surface area contributed by atoms with E-state index in [2.05, 4.69) is 51.3 Å². The molecule has 158 valence electrons. The Morgan fingerprint density at radius 3 is 2.79 bits per heavy atom. The van der Waals surface area contributed by atoms with Gasteiger partial charge in [-0.25, -0.2) is 4.68 Å². The van der Waals surface area contributed by atoms with E-state index in [0.29, 0.717) is 0 Å². The molecule has 1 aromatic carbocycles. The van der Waals surface area contributed by atoms with Gasteiger partial charge in [-0.15, -0.1) is 5.10 Å². The van der Waals surface area contributed by atoms with Crippen molar-refractivity contribution in [3.63, 3.8) is 0 Å². The van der Waals surface area contributed by atoms with Gasteiger partial charge < -0.3 is 9.64 Å². The van der Waals surface area contributed by atoms with Crippen LogP contribution in [0.5, 0.6) is 0 Å². The SMILES string of the molecule is CCC[C@H](c1nnnn1C[C@H]1CCCO1)N1CCN(c2cc(Cl)ccc2C)CC1. The molecule has 0 radical (unpaired) electrons. The van der Waals surface area contributed by atoms with Crippen molar-refractivity contribution in [2.24, 2.45) is 0 Å². The molecule has 7 nitrogen and oxygen atoms in total. The second-order valence-electron chi connectivity index (χ2n) is 8.11. The molecular weight excluding hydrogens is 388 g/mol. The fraction of sp³-hybridized carbons (Fsp3) is 0.667. The van der Waals surface area contributed by atoms with Crippen LogP contribution in [0.1, 0.15) is 50.0 Å². The highest BCUT2D eigenvalue weighted by Crippen LogP contribution is 2.29. The van der Waals surface area contributed by atoms with Crippen molar-refractivity contribution in [3.05, 3.63) is 34.6 Å². The molecule has 2 aliphatic heterocycles. The molecule has 0 bridgehead atoms. The number of benzene rings is 1. The summed E-state index contributed by atoms with van der Waals surface area (Å²) in [4.78, 5) is 4.98. The highest BCUT2D eigenvalue weighted by Gasteiger charge is 2.30. The van der Waals surface area contributed by atoms with Gasteiger partial charge in [-0.1, -0.05) is 31.0 Å². The van der Waals surface area contributed by atoms with Crippen LogP contribution < -0.4 is 4.90 Å². The Morgan fingerprint density at radius 1 is 1.24 bits per heavy atom. The van der Waals surface area contributed by atoms with Crippen molar-refractivity contribution in [1.29, 1.82) is 0 Å². The second-order valence-corrected chi connectivity index (χ2v) is 8.55. The van der Waals surface area contributed by atoms with E-state index >= 15 is 0 Å². The Hall–Kier alpha value is -1.70. The predicted molar refractivity (Wildman–Crippen MR) is 114 cm³/mol. The summed E-state index contributed by atoms with van der Waals surface area (Å²) in [6, 6.07) is 6.39. The van der Waals surface area contributed by atoms with Gasteiger partial charge in [-0.3, -0.25) is 4.90 Å². The third-order valence-electron chi connectivity index (χ3n) is 6.09. The van der Waals surface area contributed by atoms with E-state index in [0.717, 1.165) is 75.9 Å². The molecule has 0 amide bonds. The average molecular weight is 419 g/mol. The van der Waals surface area contributed by atoms with Crippen LogP contribution in [0.25, 0.3) is 0 Å². The van der Waals surface area contributed by atoms with Crippen LogP contribution >= 0.6 is 11.6 Å². The standard InChI is InChI=1S/C21H31ClN6O/c1-3-5-19(21-23-24-25-28(21)15-18-6-4-13-29-18)26-9-11-27(12-10-26)20-14-17(22)8-7-16(20)2/h7-8,14,18-19H,3-6,9-13,15H2,1-2H3/t18-,19-/m1/s1. The first kappa shape index (κ1) is 20.6. The van der Waals surface area contributed by atoms with Crippen LogP contribution in [0.3, 0.4) is 0 Å². The molecular formula is C21H31ClN6O. The van der Waals surface area contributed by atoms with Crippen LogP contribution in [0.4, 0.5) is 5.69 Å². The smallest absolute Gasteiger partial charge is 0.168 e. The maximum Gasteiger partial charge on any atom is 0.168 e. The molecule has 29 heavy (non-hydrogen) atoms. The van der Waals surface area contributed by atoms with Crippen LogP contribution in [-0.4, -0.2) is 64.0 Å². The van der Waals surface area contributed by atoms with Crippen molar-refractivity contribution >= 4 is 17.3 Å². The first-order valence-electron chi connectivity index (χ1n) is 10.8. The number of hydrogen-bond donors (Lipinski definition) is 0. The zero-order chi connectivity index (χ0) is 20.2. The number of anilines is 1. The second kappa shape index (κ2) is 9.41. The van der Waals surface area contributed by atoms with Crippen molar-refractivity contribution in [1.82, 2.24) is 25.1 Å². The third-order valence-corrected chi connectivity index (χ3v) is 6.32. The van der Waals surface area contributed by atoms with E-state index in [1.165, 1.54) is 11.3 Å². The minimum atomic E-state index is 0.238. The molecule has 2 aliphatic rings. The van der Waals surface area contributed by atoms with Crippen LogP contribution in [0.2, 0.25) is 5.02 Å². The first-order chi connectivity index (χ1) is 14.2. The van der Waals surface area contributed by atoms with Gasteiger partial charge in [0.25, 0.3) is 0 Å². The van der Waals surface area contributed by atoms with Crippen LogP contribution in [-0.2, 0) is 11.3 Å². The van der Waals surface area contributed by atoms with Gasteiger partial charge in [0.15, 0.2) is 5.82 Å². The molecule has 1 aromatic heterocycles. The quantitative estimate of drug-likeness (QED) is 0.686. The minimum Gasteiger partial charge on any atom is -0.376 e. The topological polar surface area (TPSA) is 59.3 Å². The van der Waals surface area contributed by atoms with Crippen molar-refractivity contribution in [3.8, 4) is 0 Å². The number of tetrazole rings is 1. The van der Waals surface area contributed by atoms with Crippen molar-refractivity contribution in [2.75, 3.05) is 37.7 Å². The minimum absolute atomic E-state index is 0.238. The molecule has 8 heteroatoms. The predicted octanol–water partition coefficient (Wildman–Crippen LogP) is 3.48. The van der Waals surface area contributed by atoms with Crippen LogP contribution in [0, 0.1) is 6.92 Å². The van der Waals surface area contributed by atoms with Gasteiger partial charge in [0.1, 0.15) is 0 Å². The van der Waals surface area contributed by atoms with Crippen molar-refractivity contribution in [2.45, 2.75) is 58.2 Å². The molecule has 0 N–H and O–H groups in total. The zero-order valence-electron chi connectivity index (χ0n) is 17.4. The fourth-order valence-electron chi connectivity index (χ4n) is 4.51. The van der Waals surface area contributed by atoms with E-state index < -0.39 is 0 Å². The summed E-state index contributed by atoms with van der Waals surface area (Å²) in [5.41, 5.74) is 2.51. The maximum absolute atomic E-state index is 6.24. The number of aromatic nitrogens is 4. The third kappa shape index (κ3) is 4.73. The van der Waals surface area contributed by atoms with Gasteiger partial charge in [-0.05, 0) is 54.3 Å². The summed E-state index contributed by atoms with van der Waals surface area (Å²) in [7, 11) is 0. The Balaban J connectivity index is 1.45.